The third kappa shape index (κ3) is 7.87. The van der Waals surface area contributed by atoms with Gasteiger partial charge in [0.1, 0.15) is 17.7 Å². The molecule has 0 aliphatic heterocycles. The highest BCUT2D eigenvalue weighted by Crippen LogP contribution is 2.17. The lowest BCUT2D eigenvalue weighted by Crippen LogP contribution is -2.42. The predicted molar refractivity (Wildman–Crippen MR) is 121 cm³/mol. The first-order valence-corrected chi connectivity index (χ1v) is 9.38. The molecule has 1 heterocycles. The molecule has 0 fully saturated rings. The van der Waals surface area contributed by atoms with E-state index in [2.05, 4.69) is 20.6 Å². The molecule has 2 aromatic rings. The van der Waals surface area contributed by atoms with Crippen LogP contribution in [-0.2, 0) is 6.54 Å². The average molecular weight is 507 g/mol. The molecule has 0 radical (unpaired) electrons. The summed E-state index contributed by atoms with van der Waals surface area (Å²) < 4.78 is 19.1. The Labute approximate surface area is 181 Å². The third-order valence-corrected chi connectivity index (χ3v) is 4.69. The number of hydrogen-bond acceptors (Lipinski definition) is 5. The fourth-order valence-electron chi connectivity index (χ4n) is 2.19. The Morgan fingerprint density at radius 3 is 2.74 bits per heavy atom. The molecule has 9 heteroatoms. The molecule has 150 valence electrons. The highest BCUT2D eigenvalue weighted by atomic mass is 127. The van der Waals surface area contributed by atoms with Crippen LogP contribution in [0.2, 0.25) is 0 Å². The SMILES string of the molecule is CCC(CNC(=NC)NCc1csc(N(C)C)n1)Oc1cccc(F)c1.I. The fraction of sp³-hybridized carbons (Fsp3) is 0.444. The normalized spacial score (nSPS) is 12.1. The Balaban J connectivity index is 0.00000364. The number of anilines is 1. The summed E-state index contributed by atoms with van der Waals surface area (Å²) in [6.45, 7) is 3.18. The van der Waals surface area contributed by atoms with E-state index in [4.69, 9.17) is 4.74 Å². The van der Waals surface area contributed by atoms with Gasteiger partial charge >= 0.3 is 0 Å². The quantitative estimate of drug-likeness (QED) is 0.326. The maximum absolute atomic E-state index is 13.3. The van der Waals surface area contributed by atoms with Crippen LogP contribution in [0.25, 0.3) is 0 Å². The van der Waals surface area contributed by atoms with Crippen molar-refractivity contribution in [2.45, 2.75) is 26.0 Å². The van der Waals surface area contributed by atoms with Crippen molar-refractivity contribution in [3.8, 4) is 5.75 Å². The van der Waals surface area contributed by atoms with Crippen molar-refractivity contribution < 1.29 is 9.13 Å². The monoisotopic (exact) mass is 507 g/mol. The second kappa shape index (κ2) is 12.0. The lowest BCUT2D eigenvalue weighted by molar-refractivity contribution is 0.198. The summed E-state index contributed by atoms with van der Waals surface area (Å²) in [5.41, 5.74) is 0.963. The maximum Gasteiger partial charge on any atom is 0.191 e. The van der Waals surface area contributed by atoms with Crippen molar-refractivity contribution in [1.29, 1.82) is 0 Å². The number of halogens is 2. The van der Waals surface area contributed by atoms with Gasteiger partial charge in [0.15, 0.2) is 11.1 Å². The van der Waals surface area contributed by atoms with Crippen LogP contribution in [0.1, 0.15) is 19.0 Å². The number of aliphatic imine (C=N–C) groups is 1. The summed E-state index contributed by atoms with van der Waals surface area (Å²) in [7, 11) is 5.66. The van der Waals surface area contributed by atoms with Gasteiger partial charge < -0.3 is 20.3 Å². The van der Waals surface area contributed by atoms with Gasteiger partial charge in [-0.15, -0.1) is 35.3 Å². The van der Waals surface area contributed by atoms with E-state index >= 15 is 0 Å². The second-order valence-corrected chi connectivity index (χ2v) is 6.76. The first kappa shape index (κ1) is 23.4. The smallest absolute Gasteiger partial charge is 0.191 e. The molecule has 0 aliphatic rings. The van der Waals surface area contributed by atoms with E-state index in [9.17, 15) is 4.39 Å². The summed E-state index contributed by atoms with van der Waals surface area (Å²) in [5, 5.41) is 9.48. The zero-order valence-electron chi connectivity index (χ0n) is 16.0. The van der Waals surface area contributed by atoms with Gasteiger partial charge in [-0.1, -0.05) is 13.0 Å². The van der Waals surface area contributed by atoms with Crippen LogP contribution < -0.4 is 20.3 Å². The predicted octanol–water partition coefficient (Wildman–Crippen LogP) is 3.49. The minimum Gasteiger partial charge on any atom is -0.489 e. The number of benzene rings is 1. The Hall–Kier alpha value is -1.62. The molecule has 0 amide bonds. The zero-order chi connectivity index (χ0) is 18.9. The number of guanidine groups is 1. The number of rotatable bonds is 8. The van der Waals surface area contributed by atoms with E-state index in [0.717, 1.165) is 17.2 Å². The van der Waals surface area contributed by atoms with E-state index in [1.165, 1.54) is 12.1 Å². The van der Waals surface area contributed by atoms with Gasteiger partial charge in [0.25, 0.3) is 0 Å². The van der Waals surface area contributed by atoms with E-state index in [-0.39, 0.29) is 35.9 Å². The lowest BCUT2D eigenvalue weighted by atomic mass is 10.2. The Morgan fingerprint density at radius 1 is 1.37 bits per heavy atom. The first-order chi connectivity index (χ1) is 12.5. The molecule has 27 heavy (non-hydrogen) atoms. The van der Waals surface area contributed by atoms with Crippen molar-refractivity contribution in [1.82, 2.24) is 15.6 Å². The summed E-state index contributed by atoms with van der Waals surface area (Å²) in [5.74, 6) is 0.897. The van der Waals surface area contributed by atoms with Crippen LogP contribution in [-0.4, -0.2) is 44.7 Å². The summed E-state index contributed by atoms with van der Waals surface area (Å²) in [6, 6.07) is 6.18. The number of nitrogens with zero attached hydrogens (tertiary/aromatic N) is 3. The minimum absolute atomic E-state index is 0. The topological polar surface area (TPSA) is 61.8 Å². The molecule has 0 saturated carbocycles. The number of nitrogens with one attached hydrogen (secondary N) is 2. The molecule has 6 nitrogen and oxygen atoms in total. The molecule has 1 unspecified atom stereocenters. The highest BCUT2D eigenvalue weighted by molar-refractivity contribution is 14.0. The number of ether oxygens (including phenoxy) is 1. The van der Waals surface area contributed by atoms with Gasteiger partial charge in [0.05, 0.1) is 18.8 Å². The van der Waals surface area contributed by atoms with Crippen molar-refractivity contribution in [3.05, 3.63) is 41.2 Å². The van der Waals surface area contributed by atoms with Crippen molar-refractivity contribution >= 4 is 46.4 Å². The Bertz CT molecular complexity index is 725. The van der Waals surface area contributed by atoms with Crippen LogP contribution in [0.3, 0.4) is 0 Å². The van der Waals surface area contributed by atoms with Gasteiger partial charge in [0.2, 0.25) is 0 Å². The van der Waals surface area contributed by atoms with Crippen LogP contribution >= 0.6 is 35.3 Å². The largest absolute Gasteiger partial charge is 0.489 e. The van der Waals surface area contributed by atoms with Gasteiger partial charge in [-0.2, -0.15) is 0 Å². The first-order valence-electron chi connectivity index (χ1n) is 8.50. The molecule has 2 rings (SSSR count). The standard InChI is InChI=1S/C18H26FN5OS.HI/c1-5-15(25-16-8-6-7-13(19)9-16)11-22-17(20-2)21-10-14-12-26-18(23-14)24(3)4;/h6-9,12,15H,5,10-11H2,1-4H3,(H2,20,21,22);1H. The molecular weight excluding hydrogens is 480 g/mol. The lowest BCUT2D eigenvalue weighted by Gasteiger charge is -2.20. The van der Waals surface area contributed by atoms with Crippen LogP contribution in [0, 0.1) is 5.82 Å². The summed E-state index contributed by atoms with van der Waals surface area (Å²) in [4.78, 5) is 10.7. The summed E-state index contributed by atoms with van der Waals surface area (Å²) in [6.07, 6.45) is 0.702. The van der Waals surface area contributed by atoms with Crippen molar-refractivity contribution in [2.75, 3.05) is 32.6 Å². The molecule has 1 atom stereocenters. The molecule has 1 aromatic heterocycles. The maximum atomic E-state index is 13.3. The summed E-state index contributed by atoms with van der Waals surface area (Å²) >= 11 is 1.61. The molecule has 0 saturated heterocycles. The Morgan fingerprint density at radius 2 is 2.15 bits per heavy atom. The molecular formula is C18H27FIN5OS. The highest BCUT2D eigenvalue weighted by Gasteiger charge is 2.10. The number of hydrogen-bond donors (Lipinski definition) is 2. The van der Waals surface area contributed by atoms with E-state index in [1.807, 2.05) is 31.3 Å². The van der Waals surface area contributed by atoms with Crippen LogP contribution in [0.15, 0.2) is 34.6 Å². The molecule has 0 bridgehead atoms. The molecule has 1 aromatic carbocycles. The van der Waals surface area contributed by atoms with Crippen LogP contribution in [0.5, 0.6) is 5.75 Å². The van der Waals surface area contributed by atoms with Crippen LogP contribution in [0.4, 0.5) is 9.52 Å². The van der Waals surface area contributed by atoms with E-state index < -0.39 is 0 Å². The minimum atomic E-state index is -0.303. The number of aromatic nitrogens is 1. The van der Waals surface area contributed by atoms with Gasteiger partial charge in [-0.05, 0) is 18.6 Å². The third-order valence-electron chi connectivity index (χ3n) is 3.63. The second-order valence-electron chi connectivity index (χ2n) is 5.93. The number of thiazole rings is 1. The van der Waals surface area contributed by atoms with E-state index in [1.54, 1.807) is 30.5 Å². The van der Waals surface area contributed by atoms with Crippen molar-refractivity contribution in [3.63, 3.8) is 0 Å². The van der Waals surface area contributed by atoms with Crippen molar-refractivity contribution in [2.24, 2.45) is 4.99 Å². The zero-order valence-corrected chi connectivity index (χ0v) is 19.2. The van der Waals surface area contributed by atoms with E-state index in [0.29, 0.717) is 24.8 Å². The van der Waals surface area contributed by atoms with Gasteiger partial charge in [0, 0.05) is 32.6 Å². The molecule has 2 N–H and O–H groups in total. The van der Waals surface area contributed by atoms with Gasteiger partial charge in [-0.3, -0.25) is 4.99 Å². The molecule has 0 aliphatic carbocycles. The fourth-order valence-corrected chi connectivity index (χ4v) is 2.95. The van der Waals surface area contributed by atoms with Gasteiger partial charge in [-0.25, -0.2) is 9.37 Å². The Kier molecular flexibility index (Phi) is 10.4. The average Bonchev–Trinajstić information content (AvgIpc) is 3.10. The molecule has 0 spiro atoms.